The van der Waals surface area contributed by atoms with E-state index in [4.69, 9.17) is 18.1 Å². The Morgan fingerprint density at radius 3 is 2.50 bits per heavy atom. The standard InChI is InChI=1S/C22H19N2O.C13H12N.Ir/c1-14-9-10-18-17-7-4-8-19(21(17)25-22(18)24-14)20-13-16(11-12-23-20)15-5-2-3-6-15;1-10-3-6-12(7-4-10)13-8-5-11(2)9-14-13;/h4,7,9-13,15H,2-3,5-6H2,1H3;3-6,8-9H,1-2H3;/q2*-1;/i1D3,15D;1D3,2D3;. The second kappa shape index (κ2) is 12.2. The maximum atomic E-state index is 8.79. The molecule has 4 nitrogen and oxygen atoms in total. The summed E-state index contributed by atoms with van der Waals surface area (Å²) in [7, 11) is 0. The molecule has 203 valence electrons. The molecule has 7 rings (SSSR count). The van der Waals surface area contributed by atoms with Gasteiger partial charge < -0.3 is 14.4 Å². The molecule has 0 amide bonds. The first-order valence-electron chi connectivity index (χ1n) is 17.7. The molecule has 0 aliphatic heterocycles. The molecule has 0 atom stereocenters. The van der Waals surface area contributed by atoms with E-state index in [1.807, 2.05) is 24.3 Å². The average molecular weight is 712 g/mol. The third-order valence-electron chi connectivity index (χ3n) is 6.78. The number of fused-ring (bicyclic) bond motifs is 3. The molecule has 4 heterocycles. The van der Waals surface area contributed by atoms with Gasteiger partial charge in [-0.05, 0) is 67.6 Å². The zero-order valence-electron chi connectivity index (χ0n) is 31.4. The summed E-state index contributed by atoms with van der Waals surface area (Å²) in [5, 5.41) is 1.60. The Labute approximate surface area is 263 Å². The van der Waals surface area contributed by atoms with Crippen LogP contribution in [0, 0.1) is 32.7 Å². The maximum Gasteiger partial charge on any atom is 0.216 e. The van der Waals surface area contributed by atoms with E-state index in [2.05, 4.69) is 27.1 Å². The second-order valence-electron chi connectivity index (χ2n) is 9.41. The Kier molecular flexibility index (Phi) is 5.48. The first kappa shape index (κ1) is 17.9. The fourth-order valence-corrected chi connectivity index (χ4v) is 4.83. The molecule has 6 aromatic rings. The van der Waals surface area contributed by atoms with Crippen LogP contribution in [-0.4, -0.2) is 15.0 Å². The molecular formula is C35H31IrN3O-2. The van der Waals surface area contributed by atoms with Gasteiger partial charge in [-0.25, -0.2) is 4.98 Å². The normalized spacial score (nSPS) is 18.6. The van der Waals surface area contributed by atoms with Crippen LogP contribution < -0.4 is 0 Å². The van der Waals surface area contributed by atoms with Crippen LogP contribution in [0.3, 0.4) is 0 Å². The van der Waals surface area contributed by atoms with E-state index in [1.54, 1.807) is 24.4 Å². The molecule has 0 spiro atoms. The third kappa shape index (κ3) is 5.91. The molecule has 0 unspecified atom stereocenters. The number of aryl methyl sites for hydroxylation is 3. The average Bonchev–Trinajstić information content (AvgIpc) is 3.68. The Balaban J connectivity index is 0.000000204. The van der Waals surface area contributed by atoms with Crippen molar-refractivity contribution in [2.24, 2.45) is 0 Å². The summed E-state index contributed by atoms with van der Waals surface area (Å²) in [6, 6.07) is 24.5. The summed E-state index contributed by atoms with van der Waals surface area (Å²) < 4.78 is 81.2. The van der Waals surface area contributed by atoms with Crippen LogP contribution in [0.4, 0.5) is 0 Å². The van der Waals surface area contributed by atoms with Crippen molar-refractivity contribution in [3.05, 3.63) is 114 Å². The van der Waals surface area contributed by atoms with Crippen molar-refractivity contribution in [3.8, 4) is 22.5 Å². The predicted molar refractivity (Wildman–Crippen MR) is 158 cm³/mol. The first-order chi connectivity index (χ1) is 23.0. The van der Waals surface area contributed by atoms with Crippen LogP contribution in [0.15, 0.2) is 83.5 Å². The maximum absolute atomic E-state index is 8.79. The molecule has 2 aromatic carbocycles. The van der Waals surface area contributed by atoms with E-state index in [9.17, 15) is 0 Å². The van der Waals surface area contributed by atoms with Gasteiger partial charge in [-0.2, -0.15) is 0 Å². The van der Waals surface area contributed by atoms with E-state index in [1.165, 1.54) is 30.5 Å². The zero-order chi connectivity index (χ0) is 35.2. The minimum absolute atomic E-state index is 0. The van der Waals surface area contributed by atoms with Gasteiger partial charge in [0.25, 0.3) is 0 Å². The minimum Gasteiger partial charge on any atom is -0.486 e. The quantitative estimate of drug-likeness (QED) is 0.172. The number of aromatic nitrogens is 3. The summed E-state index contributed by atoms with van der Waals surface area (Å²) in [6.07, 6.45) is 6.90. The van der Waals surface area contributed by atoms with Crippen molar-refractivity contribution in [1.29, 1.82) is 0 Å². The molecule has 0 N–H and O–H groups in total. The molecule has 0 bridgehead atoms. The zero-order valence-corrected chi connectivity index (χ0v) is 23.8. The molecule has 5 heteroatoms. The predicted octanol–water partition coefficient (Wildman–Crippen LogP) is 8.97. The van der Waals surface area contributed by atoms with Crippen molar-refractivity contribution in [2.45, 2.75) is 52.1 Å². The first-order valence-corrected chi connectivity index (χ1v) is 12.7. The van der Waals surface area contributed by atoms with Crippen LogP contribution in [0.25, 0.3) is 44.6 Å². The Morgan fingerprint density at radius 2 is 1.75 bits per heavy atom. The van der Waals surface area contributed by atoms with Gasteiger partial charge in [0, 0.05) is 57.3 Å². The van der Waals surface area contributed by atoms with Crippen molar-refractivity contribution in [1.82, 2.24) is 15.0 Å². The number of benzene rings is 2. The molecular weight excluding hydrogens is 671 g/mol. The Morgan fingerprint density at radius 1 is 0.875 bits per heavy atom. The van der Waals surface area contributed by atoms with Crippen LogP contribution in [0.2, 0.25) is 0 Å². The SMILES string of the molecule is [2H]C([2H])([2H])c1c[c-]c(-c2ccc(C([2H])([2H])[2H])cn2)cc1.[2H]C([2H])([2H])c1ccc2c(n1)oc1c(-c3cc(C4([2H])CCCC4)ccn3)[c-]ccc12.[Ir]. The van der Waals surface area contributed by atoms with E-state index in [-0.39, 0.29) is 36.9 Å². The van der Waals surface area contributed by atoms with E-state index in [0.717, 1.165) is 42.0 Å². The molecule has 1 radical (unpaired) electrons. The monoisotopic (exact) mass is 712 g/mol. The Bertz CT molecular complexity index is 2040. The topological polar surface area (TPSA) is 51.8 Å². The third-order valence-corrected chi connectivity index (χ3v) is 6.78. The van der Waals surface area contributed by atoms with E-state index < -0.39 is 26.4 Å². The fourth-order valence-electron chi connectivity index (χ4n) is 4.83. The van der Waals surface area contributed by atoms with Crippen LogP contribution in [0.5, 0.6) is 0 Å². The summed E-state index contributed by atoms with van der Waals surface area (Å²) in [4.78, 5) is 12.8. The van der Waals surface area contributed by atoms with Gasteiger partial charge in [0.2, 0.25) is 5.71 Å². The minimum atomic E-state index is -2.29. The van der Waals surface area contributed by atoms with Gasteiger partial charge in [-0.3, -0.25) is 0 Å². The largest absolute Gasteiger partial charge is 0.486 e. The molecule has 4 aromatic heterocycles. The molecule has 40 heavy (non-hydrogen) atoms. The molecule has 1 saturated carbocycles. The number of hydrogen-bond donors (Lipinski definition) is 0. The van der Waals surface area contributed by atoms with Gasteiger partial charge in [-0.1, -0.05) is 54.4 Å². The van der Waals surface area contributed by atoms with Gasteiger partial charge in [0.05, 0.1) is 5.58 Å². The number of pyridine rings is 3. The van der Waals surface area contributed by atoms with Gasteiger partial charge in [-0.15, -0.1) is 53.6 Å². The van der Waals surface area contributed by atoms with Crippen LogP contribution in [-0.2, 0) is 20.1 Å². The van der Waals surface area contributed by atoms with Gasteiger partial charge in [0.15, 0.2) is 0 Å². The number of furan rings is 1. The number of nitrogens with zero attached hydrogens (tertiary/aromatic N) is 3. The second-order valence-corrected chi connectivity index (χ2v) is 9.41. The van der Waals surface area contributed by atoms with Crippen LogP contribution >= 0.6 is 0 Å². The smallest absolute Gasteiger partial charge is 0.216 e. The van der Waals surface area contributed by atoms with Gasteiger partial charge in [0.1, 0.15) is 0 Å². The molecule has 1 aliphatic rings. The van der Waals surface area contributed by atoms with Crippen molar-refractivity contribution in [2.75, 3.05) is 0 Å². The van der Waals surface area contributed by atoms with Crippen molar-refractivity contribution < 1.29 is 38.2 Å². The summed E-state index contributed by atoms with van der Waals surface area (Å²) in [5.41, 5.74) is 4.77. The summed E-state index contributed by atoms with van der Waals surface area (Å²) >= 11 is 0. The van der Waals surface area contributed by atoms with E-state index in [0.29, 0.717) is 33.8 Å². The van der Waals surface area contributed by atoms with Gasteiger partial charge >= 0.3 is 0 Å². The Hall–Kier alpha value is -3.66. The fraction of sp³-hybridized carbons (Fsp3) is 0.229. The molecule has 1 fully saturated rings. The van der Waals surface area contributed by atoms with Crippen LogP contribution in [0.1, 0.15) is 67.7 Å². The number of hydrogen-bond acceptors (Lipinski definition) is 4. The van der Waals surface area contributed by atoms with Crippen molar-refractivity contribution in [3.63, 3.8) is 0 Å². The molecule has 0 saturated heterocycles. The summed E-state index contributed by atoms with van der Waals surface area (Å²) in [5.74, 6) is -0.560. The number of rotatable bonds is 3. The van der Waals surface area contributed by atoms with Crippen molar-refractivity contribution >= 4 is 22.1 Å². The molecule has 1 aliphatic carbocycles. The summed E-state index contributed by atoms with van der Waals surface area (Å²) in [6.45, 7) is -6.63. The van der Waals surface area contributed by atoms with E-state index >= 15 is 0 Å².